The van der Waals surface area contributed by atoms with E-state index in [0.717, 1.165) is 0 Å². The SMILES string of the molecule is CCc1nc(-c2ccc(F)cc2C)oc1C(=O)O. The highest BCUT2D eigenvalue weighted by Crippen LogP contribution is 2.26. The molecule has 4 nitrogen and oxygen atoms in total. The first-order chi connectivity index (χ1) is 8.52. The number of carboxylic acid groups (broad SMARTS) is 1. The van der Waals surface area contributed by atoms with Gasteiger partial charge >= 0.3 is 5.97 Å². The summed E-state index contributed by atoms with van der Waals surface area (Å²) in [5.41, 5.74) is 1.63. The molecule has 0 saturated carbocycles. The average molecular weight is 249 g/mol. The normalized spacial score (nSPS) is 10.6. The lowest BCUT2D eigenvalue weighted by atomic mass is 10.1. The molecule has 1 heterocycles. The van der Waals surface area contributed by atoms with Crippen LogP contribution in [0.15, 0.2) is 22.6 Å². The van der Waals surface area contributed by atoms with Crippen LogP contribution in [0.1, 0.15) is 28.7 Å². The highest BCUT2D eigenvalue weighted by atomic mass is 19.1. The van der Waals surface area contributed by atoms with Crippen LogP contribution in [-0.2, 0) is 6.42 Å². The molecular weight excluding hydrogens is 237 g/mol. The number of oxazole rings is 1. The summed E-state index contributed by atoms with van der Waals surface area (Å²) in [6.07, 6.45) is 0.464. The second kappa shape index (κ2) is 4.60. The van der Waals surface area contributed by atoms with Crippen molar-refractivity contribution < 1.29 is 18.7 Å². The first-order valence-corrected chi connectivity index (χ1v) is 5.52. The van der Waals surface area contributed by atoms with Gasteiger partial charge in [0.25, 0.3) is 0 Å². The van der Waals surface area contributed by atoms with Gasteiger partial charge in [-0.05, 0) is 37.1 Å². The van der Waals surface area contributed by atoms with Crippen molar-refractivity contribution in [3.05, 3.63) is 41.0 Å². The number of hydrogen-bond donors (Lipinski definition) is 1. The maximum atomic E-state index is 13.0. The highest BCUT2D eigenvalue weighted by Gasteiger charge is 2.19. The number of benzene rings is 1. The second-order valence-electron chi connectivity index (χ2n) is 3.91. The van der Waals surface area contributed by atoms with Crippen molar-refractivity contribution >= 4 is 5.97 Å². The Morgan fingerprint density at radius 1 is 1.50 bits per heavy atom. The minimum atomic E-state index is -1.15. The van der Waals surface area contributed by atoms with Gasteiger partial charge in [0.2, 0.25) is 11.7 Å². The molecule has 1 N–H and O–H groups in total. The van der Waals surface area contributed by atoms with Crippen molar-refractivity contribution in [3.63, 3.8) is 0 Å². The molecule has 0 atom stereocenters. The molecule has 94 valence electrons. The summed E-state index contributed by atoms with van der Waals surface area (Å²) < 4.78 is 18.2. The zero-order valence-electron chi connectivity index (χ0n) is 10.0. The molecular formula is C13H12FNO3. The number of nitrogens with zero attached hydrogens (tertiary/aromatic N) is 1. The van der Waals surface area contributed by atoms with Crippen LogP contribution in [0.3, 0.4) is 0 Å². The predicted molar refractivity (Wildman–Crippen MR) is 63.0 cm³/mol. The molecule has 1 aromatic heterocycles. The van der Waals surface area contributed by atoms with Crippen LogP contribution in [0.5, 0.6) is 0 Å². The Morgan fingerprint density at radius 2 is 2.22 bits per heavy atom. The molecule has 0 saturated heterocycles. The largest absolute Gasteiger partial charge is 0.475 e. The summed E-state index contributed by atoms with van der Waals surface area (Å²) in [6, 6.07) is 4.17. The van der Waals surface area contributed by atoms with Crippen molar-refractivity contribution in [3.8, 4) is 11.5 Å². The van der Waals surface area contributed by atoms with E-state index < -0.39 is 5.97 Å². The standard InChI is InChI=1S/C13H12FNO3/c1-3-10-11(13(16)17)18-12(15-10)9-5-4-8(14)6-7(9)2/h4-6H,3H2,1-2H3,(H,16,17). The zero-order valence-corrected chi connectivity index (χ0v) is 10.0. The van der Waals surface area contributed by atoms with Crippen molar-refractivity contribution in [2.45, 2.75) is 20.3 Å². The lowest BCUT2D eigenvalue weighted by Crippen LogP contribution is -1.98. The molecule has 1 aromatic carbocycles. The number of aromatic nitrogens is 1. The minimum absolute atomic E-state index is 0.156. The summed E-state index contributed by atoms with van der Waals surface area (Å²) in [4.78, 5) is 15.1. The third kappa shape index (κ3) is 2.11. The summed E-state index contributed by atoms with van der Waals surface area (Å²) in [5, 5.41) is 8.98. The lowest BCUT2D eigenvalue weighted by Gasteiger charge is -2.00. The van der Waals surface area contributed by atoms with Crippen molar-refractivity contribution in [2.24, 2.45) is 0 Å². The molecule has 2 rings (SSSR count). The minimum Gasteiger partial charge on any atom is -0.475 e. The smallest absolute Gasteiger partial charge is 0.373 e. The fraction of sp³-hybridized carbons (Fsp3) is 0.231. The topological polar surface area (TPSA) is 63.3 Å². The number of rotatable bonds is 3. The summed E-state index contributed by atoms with van der Waals surface area (Å²) in [6.45, 7) is 3.51. The average Bonchev–Trinajstić information content (AvgIpc) is 2.73. The van der Waals surface area contributed by atoms with Crippen molar-refractivity contribution in [2.75, 3.05) is 0 Å². The Morgan fingerprint density at radius 3 is 2.72 bits per heavy atom. The number of halogens is 1. The number of aromatic carboxylic acids is 1. The maximum Gasteiger partial charge on any atom is 0.373 e. The van der Waals surface area contributed by atoms with E-state index in [1.165, 1.54) is 18.2 Å². The van der Waals surface area contributed by atoms with Gasteiger partial charge in [-0.15, -0.1) is 0 Å². The Labute approximate surface area is 103 Å². The van der Waals surface area contributed by atoms with Gasteiger partial charge in [0, 0.05) is 5.56 Å². The van der Waals surface area contributed by atoms with Gasteiger partial charge in [-0.3, -0.25) is 0 Å². The van der Waals surface area contributed by atoms with E-state index >= 15 is 0 Å². The maximum absolute atomic E-state index is 13.0. The van der Waals surface area contributed by atoms with E-state index in [2.05, 4.69) is 4.98 Å². The second-order valence-corrected chi connectivity index (χ2v) is 3.91. The van der Waals surface area contributed by atoms with E-state index in [9.17, 15) is 9.18 Å². The fourth-order valence-corrected chi connectivity index (χ4v) is 1.74. The van der Waals surface area contributed by atoms with Gasteiger partial charge in [0.1, 0.15) is 5.82 Å². The van der Waals surface area contributed by atoms with E-state index in [-0.39, 0.29) is 17.5 Å². The number of carbonyl (C=O) groups is 1. The Kier molecular flexibility index (Phi) is 3.14. The first-order valence-electron chi connectivity index (χ1n) is 5.52. The zero-order chi connectivity index (χ0) is 13.3. The quantitative estimate of drug-likeness (QED) is 0.908. The molecule has 0 aliphatic carbocycles. The van der Waals surface area contributed by atoms with E-state index in [1.54, 1.807) is 13.8 Å². The van der Waals surface area contributed by atoms with Crippen LogP contribution in [-0.4, -0.2) is 16.1 Å². The van der Waals surface area contributed by atoms with E-state index in [1.807, 2.05) is 0 Å². The third-order valence-corrected chi connectivity index (χ3v) is 2.65. The third-order valence-electron chi connectivity index (χ3n) is 2.65. The van der Waals surface area contributed by atoms with Gasteiger partial charge in [-0.2, -0.15) is 0 Å². The first kappa shape index (κ1) is 12.3. The van der Waals surface area contributed by atoms with Crippen molar-refractivity contribution in [1.29, 1.82) is 0 Å². The van der Waals surface area contributed by atoms with E-state index in [0.29, 0.717) is 23.2 Å². The van der Waals surface area contributed by atoms with Gasteiger partial charge < -0.3 is 9.52 Å². The molecule has 5 heteroatoms. The molecule has 18 heavy (non-hydrogen) atoms. The predicted octanol–water partition coefficient (Wildman–Crippen LogP) is 3.05. The highest BCUT2D eigenvalue weighted by molar-refractivity contribution is 5.86. The molecule has 0 radical (unpaired) electrons. The van der Waals surface area contributed by atoms with Crippen LogP contribution in [0.2, 0.25) is 0 Å². The lowest BCUT2D eigenvalue weighted by molar-refractivity contribution is 0.0662. The van der Waals surface area contributed by atoms with Crippen molar-refractivity contribution in [1.82, 2.24) is 4.98 Å². The molecule has 0 fully saturated rings. The molecule has 0 spiro atoms. The Bertz CT molecular complexity index is 604. The van der Waals surface area contributed by atoms with Gasteiger partial charge in [0.05, 0.1) is 5.69 Å². The fourth-order valence-electron chi connectivity index (χ4n) is 1.74. The van der Waals surface area contributed by atoms with Crippen LogP contribution in [0, 0.1) is 12.7 Å². The van der Waals surface area contributed by atoms with Gasteiger partial charge in [-0.1, -0.05) is 6.92 Å². The number of carboxylic acids is 1. The van der Waals surface area contributed by atoms with Crippen LogP contribution < -0.4 is 0 Å². The molecule has 0 aliphatic rings. The van der Waals surface area contributed by atoms with Crippen LogP contribution >= 0.6 is 0 Å². The van der Waals surface area contributed by atoms with E-state index in [4.69, 9.17) is 9.52 Å². The Balaban J connectivity index is 2.54. The van der Waals surface area contributed by atoms with Crippen LogP contribution in [0.25, 0.3) is 11.5 Å². The number of aryl methyl sites for hydroxylation is 2. The number of hydrogen-bond acceptors (Lipinski definition) is 3. The monoisotopic (exact) mass is 249 g/mol. The molecule has 0 bridgehead atoms. The molecule has 0 aliphatic heterocycles. The Hall–Kier alpha value is -2.17. The summed E-state index contributed by atoms with van der Waals surface area (Å²) >= 11 is 0. The van der Waals surface area contributed by atoms with Crippen LogP contribution in [0.4, 0.5) is 4.39 Å². The van der Waals surface area contributed by atoms with Gasteiger partial charge in [-0.25, -0.2) is 14.2 Å². The molecule has 0 unspecified atom stereocenters. The summed E-state index contributed by atoms with van der Waals surface area (Å²) in [7, 11) is 0. The summed E-state index contributed by atoms with van der Waals surface area (Å²) in [5.74, 6) is -1.44. The van der Waals surface area contributed by atoms with Gasteiger partial charge in [0.15, 0.2) is 0 Å². The molecule has 2 aromatic rings. The molecule has 0 amide bonds.